The highest BCUT2D eigenvalue weighted by Gasteiger charge is 2.33. The van der Waals surface area contributed by atoms with Crippen molar-refractivity contribution in [2.24, 2.45) is 5.92 Å². The normalized spacial score (nSPS) is 25.8. The second kappa shape index (κ2) is 7.88. The van der Waals surface area contributed by atoms with Crippen LogP contribution < -0.4 is 0 Å². The van der Waals surface area contributed by atoms with Crippen molar-refractivity contribution in [1.29, 1.82) is 0 Å². The molecule has 2 fully saturated rings. The van der Waals surface area contributed by atoms with E-state index < -0.39 is 17.7 Å². The number of aromatic nitrogens is 1. The lowest BCUT2D eigenvalue weighted by molar-refractivity contribution is 0.296. The Labute approximate surface area is 143 Å². The molecule has 1 aromatic heterocycles. The number of nitrogens with zero attached hydrogens (tertiary/aromatic N) is 1. The number of hydrogen-bond acceptors (Lipinski definition) is 1. The molecule has 1 heterocycles. The fourth-order valence-corrected chi connectivity index (χ4v) is 4.86. The summed E-state index contributed by atoms with van der Waals surface area (Å²) in [4.78, 5) is 3.24. The van der Waals surface area contributed by atoms with Gasteiger partial charge in [0.05, 0.1) is 0 Å². The number of rotatable bonds is 4. The van der Waals surface area contributed by atoms with Crippen LogP contribution in [0.4, 0.5) is 13.2 Å². The van der Waals surface area contributed by atoms with Gasteiger partial charge in [-0.05, 0) is 56.3 Å². The second-order valence-electron chi connectivity index (χ2n) is 7.68. The van der Waals surface area contributed by atoms with Gasteiger partial charge in [0.15, 0.2) is 5.82 Å². The van der Waals surface area contributed by atoms with Gasteiger partial charge in [-0.1, -0.05) is 39.0 Å². The topological polar surface area (TPSA) is 12.9 Å². The monoisotopic (exact) mass is 339 g/mol. The molecule has 0 saturated heterocycles. The minimum Gasteiger partial charge on any atom is -0.202 e. The largest absolute Gasteiger partial charge is 0.251 e. The third kappa shape index (κ3) is 3.62. The summed E-state index contributed by atoms with van der Waals surface area (Å²) in [5.74, 6) is -2.30. The third-order valence-electron chi connectivity index (χ3n) is 6.09. The van der Waals surface area contributed by atoms with Gasteiger partial charge in [0, 0.05) is 11.1 Å². The van der Waals surface area contributed by atoms with E-state index in [0.29, 0.717) is 17.0 Å². The first-order valence-corrected chi connectivity index (χ1v) is 9.66. The first-order chi connectivity index (χ1) is 11.6. The second-order valence-corrected chi connectivity index (χ2v) is 7.68. The number of pyridine rings is 1. The van der Waals surface area contributed by atoms with Crippen LogP contribution >= 0.6 is 0 Å². The summed E-state index contributed by atoms with van der Waals surface area (Å²) in [5.41, 5.74) is 0.717. The van der Waals surface area contributed by atoms with E-state index >= 15 is 0 Å². The fourth-order valence-electron chi connectivity index (χ4n) is 4.86. The third-order valence-corrected chi connectivity index (χ3v) is 6.09. The zero-order valence-corrected chi connectivity index (χ0v) is 14.6. The van der Waals surface area contributed by atoms with Crippen molar-refractivity contribution in [2.45, 2.75) is 89.4 Å². The highest BCUT2D eigenvalue weighted by atomic mass is 19.2. The molecular formula is C20H28F3N. The van der Waals surface area contributed by atoms with Gasteiger partial charge in [0.2, 0.25) is 5.95 Å². The van der Waals surface area contributed by atoms with E-state index in [4.69, 9.17) is 0 Å². The van der Waals surface area contributed by atoms with Gasteiger partial charge >= 0.3 is 0 Å². The zero-order valence-electron chi connectivity index (χ0n) is 14.6. The molecule has 3 rings (SSSR count). The van der Waals surface area contributed by atoms with Crippen LogP contribution in [-0.4, -0.2) is 4.98 Å². The molecule has 24 heavy (non-hydrogen) atoms. The Bertz CT molecular complexity index is 558. The van der Waals surface area contributed by atoms with Gasteiger partial charge in [-0.3, -0.25) is 0 Å². The van der Waals surface area contributed by atoms with Crippen LogP contribution in [0, 0.1) is 23.6 Å². The van der Waals surface area contributed by atoms with Gasteiger partial charge in [-0.2, -0.15) is 13.8 Å². The molecule has 1 nitrogen and oxygen atoms in total. The molecule has 0 bridgehead atoms. The summed E-state index contributed by atoms with van der Waals surface area (Å²) in [5, 5.41) is 0. The van der Waals surface area contributed by atoms with Crippen molar-refractivity contribution in [1.82, 2.24) is 4.98 Å². The van der Waals surface area contributed by atoms with Crippen LogP contribution in [-0.2, 0) is 0 Å². The fraction of sp³-hybridized carbons (Fsp3) is 0.750. The van der Waals surface area contributed by atoms with Crippen molar-refractivity contribution in [3.63, 3.8) is 0 Å². The molecule has 0 atom stereocenters. The van der Waals surface area contributed by atoms with E-state index in [2.05, 4.69) is 11.9 Å². The molecule has 0 unspecified atom stereocenters. The smallest absolute Gasteiger partial charge is 0.202 e. The minimum absolute atomic E-state index is 0.00437. The summed E-state index contributed by atoms with van der Waals surface area (Å²) in [6.07, 6.45) is 11.0. The predicted octanol–water partition coefficient (Wildman–Crippen LogP) is 6.62. The predicted molar refractivity (Wildman–Crippen MR) is 89.5 cm³/mol. The molecule has 0 aromatic carbocycles. The molecule has 1 aromatic rings. The molecule has 4 heteroatoms. The van der Waals surface area contributed by atoms with Crippen molar-refractivity contribution >= 4 is 0 Å². The number of halogens is 3. The lowest BCUT2D eigenvalue weighted by Crippen LogP contribution is -2.20. The molecule has 0 aliphatic heterocycles. The Morgan fingerprint density at radius 2 is 1.42 bits per heavy atom. The molecule has 0 amide bonds. The molecule has 0 radical (unpaired) electrons. The molecule has 0 N–H and O–H groups in total. The summed E-state index contributed by atoms with van der Waals surface area (Å²) >= 11 is 0. The number of hydrogen-bond donors (Lipinski definition) is 0. The van der Waals surface area contributed by atoms with Crippen molar-refractivity contribution < 1.29 is 13.2 Å². The van der Waals surface area contributed by atoms with Crippen molar-refractivity contribution in [3.05, 3.63) is 28.8 Å². The minimum atomic E-state index is -1.27. The Balaban J connectivity index is 1.90. The Hall–Kier alpha value is -1.06. The van der Waals surface area contributed by atoms with Crippen LogP contribution in [0.5, 0.6) is 0 Å². The van der Waals surface area contributed by atoms with Crippen LogP contribution in [0.25, 0.3) is 0 Å². The van der Waals surface area contributed by atoms with E-state index in [9.17, 15) is 13.2 Å². The van der Waals surface area contributed by atoms with Gasteiger partial charge in [-0.25, -0.2) is 4.39 Å². The molecule has 0 spiro atoms. The lowest BCUT2D eigenvalue weighted by Gasteiger charge is -2.32. The summed E-state index contributed by atoms with van der Waals surface area (Å²) in [6.45, 7) is 2.18. The molecular weight excluding hydrogens is 311 g/mol. The van der Waals surface area contributed by atoms with E-state index in [-0.39, 0.29) is 11.8 Å². The van der Waals surface area contributed by atoms with Crippen LogP contribution in [0.3, 0.4) is 0 Å². The lowest BCUT2D eigenvalue weighted by atomic mass is 9.73. The molecule has 2 aliphatic rings. The maximum atomic E-state index is 14.6. The maximum absolute atomic E-state index is 14.6. The molecule has 134 valence electrons. The van der Waals surface area contributed by atoms with E-state index in [1.54, 1.807) is 0 Å². The quantitative estimate of drug-likeness (QED) is 0.562. The van der Waals surface area contributed by atoms with Gasteiger partial charge in [0.1, 0.15) is 0 Å². The average molecular weight is 339 g/mol. The summed E-state index contributed by atoms with van der Waals surface area (Å²) < 4.78 is 42.9. The Morgan fingerprint density at radius 1 is 0.792 bits per heavy atom. The van der Waals surface area contributed by atoms with E-state index in [1.807, 2.05) is 0 Å². The standard InChI is InChI=1S/C20H28F3N/c1-2-6-13-9-11-15(12-10-13)16-17(14-7-4-3-5-8-14)19(22)24-20(23)18(16)21/h13-15H,2-12H2,1H3. The molecule has 2 saturated carbocycles. The SMILES string of the molecule is CCCC1CCC(c2c(F)c(F)nc(F)c2C2CCCCC2)CC1. The van der Waals surface area contributed by atoms with E-state index in [0.717, 1.165) is 64.2 Å². The van der Waals surface area contributed by atoms with Gasteiger partial charge in [-0.15, -0.1) is 0 Å². The summed E-state index contributed by atoms with van der Waals surface area (Å²) in [7, 11) is 0. The summed E-state index contributed by atoms with van der Waals surface area (Å²) in [6, 6.07) is 0. The van der Waals surface area contributed by atoms with Crippen LogP contribution in [0.1, 0.15) is 101 Å². The van der Waals surface area contributed by atoms with Gasteiger partial charge < -0.3 is 0 Å². The van der Waals surface area contributed by atoms with Crippen LogP contribution in [0.15, 0.2) is 0 Å². The maximum Gasteiger partial charge on any atom is 0.251 e. The Morgan fingerprint density at radius 3 is 2.04 bits per heavy atom. The van der Waals surface area contributed by atoms with Crippen molar-refractivity contribution in [2.75, 3.05) is 0 Å². The van der Waals surface area contributed by atoms with Gasteiger partial charge in [0.25, 0.3) is 5.95 Å². The highest BCUT2D eigenvalue weighted by molar-refractivity contribution is 5.34. The van der Waals surface area contributed by atoms with Crippen LogP contribution in [0.2, 0.25) is 0 Å². The van der Waals surface area contributed by atoms with E-state index in [1.165, 1.54) is 6.42 Å². The first kappa shape index (κ1) is 17.8. The zero-order chi connectivity index (χ0) is 17.1. The Kier molecular flexibility index (Phi) is 5.83. The van der Waals surface area contributed by atoms with Crippen molar-refractivity contribution in [3.8, 4) is 0 Å². The molecule has 2 aliphatic carbocycles. The highest BCUT2D eigenvalue weighted by Crippen LogP contribution is 2.44. The first-order valence-electron chi connectivity index (χ1n) is 9.66. The average Bonchev–Trinajstić information content (AvgIpc) is 2.60.